The molecular weight excluding hydrogens is 236 g/mol. The van der Waals surface area contributed by atoms with E-state index in [9.17, 15) is 0 Å². The minimum atomic E-state index is 0.0819. The van der Waals surface area contributed by atoms with E-state index in [-0.39, 0.29) is 12.1 Å². The molecule has 1 aliphatic rings. The maximum atomic E-state index is 6.16. The number of hydrogen-bond acceptors (Lipinski definition) is 4. The number of likely N-dealkylation sites (tertiary alicyclic amines) is 1. The predicted octanol–water partition coefficient (Wildman–Crippen LogP) is 1.50. The van der Waals surface area contributed by atoms with Crippen LogP contribution in [-0.2, 0) is 0 Å². The topological polar surface area (TPSA) is 45.4 Å². The molecule has 4 heteroatoms. The summed E-state index contributed by atoms with van der Waals surface area (Å²) in [6.07, 6.45) is 4.54. The Morgan fingerprint density at radius 3 is 2.68 bits per heavy atom. The fourth-order valence-corrected chi connectivity index (χ4v) is 2.89. The molecule has 0 spiro atoms. The Hall–Kier alpha value is -0.970. The van der Waals surface area contributed by atoms with Crippen molar-refractivity contribution < 1.29 is 0 Å². The lowest BCUT2D eigenvalue weighted by Crippen LogP contribution is -2.41. The third-order valence-corrected chi connectivity index (χ3v) is 3.93. The number of aromatic nitrogens is 1. The van der Waals surface area contributed by atoms with Gasteiger partial charge in [-0.1, -0.05) is 6.07 Å². The summed E-state index contributed by atoms with van der Waals surface area (Å²) in [5.41, 5.74) is 7.23. The van der Waals surface area contributed by atoms with Gasteiger partial charge < -0.3 is 10.6 Å². The van der Waals surface area contributed by atoms with Crippen LogP contribution in [0.25, 0.3) is 0 Å². The Labute approximate surface area is 116 Å². The first-order valence-corrected chi connectivity index (χ1v) is 7.27. The van der Waals surface area contributed by atoms with Gasteiger partial charge in [0.1, 0.15) is 0 Å². The second-order valence-corrected chi connectivity index (χ2v) is 5.59. The van der Waals surface area contributed by atoms with Crippen LogP contribution in [-0.4, -0.2) is 54.1 Å². The monoisotopic (exact) mass is 262 g/mol. The van der Waals surface area contributed by atoms with Gasteiger partial charge in [-0.05, 0) is 52.0 Å². The van der Waals surface area contributed by atoms with Crippen molar-refractivity contribution in [2.45, 2.75) is 31.8 Å². The molecule has 1 aliphatic heterocycles. The van der Waals surface area contributed by atoms with E-state index in [1.54, 1.807) is 0 Å². The number of nitrogens with two attached hydrogens (primary N) is 1. The van der Waals surface area contributed by atoms with Crippen LogP contribution in [0.5, 0.6) is 0 Å². The first-order valence-electron chi connectivity index (χ1n) is 7.27. The summed E-state index contributed by atoms with van der Waals surface area (Å²) in [6.45, 7) is 6.74. The number of hydrogen-bond donors (Lipinski definition) is 1. The van der Waals surface area contributed by atoms with Crippen molar-refractivity contribution in [3.8, 4) is 0 Å². The second kappa shape index (κ2) is 6.98. The van der Waals surface area contributed by atoms with Gasteiger partial charge in [-0.2, -0.15) is 0 Å². The minimum absolute atomic E-state index is 0.0819. The highest BCUT2D eigenvalue weighted by Crippen LogP contribution is 2.20. The number of nitrogens with zero attached hydrogens (tertiary/aromatic N) is 3. The van der Waals surface area contributed by atoms with E-state index in [4.69, 9.17) is 5.73 Å². The molecule has 2 rings (SSSR count). The van der Waals surface area contributed by atoms with Crippen LogP contribution < -0.4 is 5.73 Å². The van der Waals surface area contributed by atoms with Crippen LogP contribution >= 0.6 is 0 Å². The Balaban J connectivity index is 1.94. The fourth-order valence-electron chi connectivity index (χ4n) is 2.89. The van der Waals surface area contributed by atoms with Crippen LogP contribution in [0.4, 0.5) is 0 Å². The number of rotatable bonds is 6. The van der Waals surface area contributed by atoms with Crippen LogP contribution in [0.1, 0.15) is 31.5 Å². The van der Waals surface area contributed by atoms with E-state index >= 15 is 0 Å². The summed E-state index contributed by atoms with van der Waals surface area (Å²) >= 11 is 0. The zero-order valence-corrected chi connectivity index (χ0v) is 12.1. The maximum absolute atomic E-state index is 6.16. The Morgan fingerprint density at radius 2 is 2.11 bits per heavy atom. The van der Waals surface area contributed by atoms with Crippen molar-refractivity contribution in [2.75, 3.05) is 33.2 Å². The Morgan fingerprint density at radius 1 is 1.37 bits per heavy atom. The molecule has 2 atom stereocenters. The van der Waals surface area contributed by atoms with Crippen molar-refractivity contribution in [1.82, 2.24) is 14.8 Å². The molecule has 0 aromatic carbocycles. The standard InChI is InChI=1S/C15H26N4/c1-13(16)15(14-7-3-4-8-17-14)18(2)11-12-19-9-5-6-10-19/h3-4,7-8,13,15H,5-6,9-12,16H2,1-2H3. The van der Waals surface area contributed by atoms with Crippen LogP contribution in [0, 0.1) is 0 Å². The molecule has 106 valence electrons. The summed E-state index contributed by atoms with van der Waals surface area (Å²) in [4.78, 5) is 9.34. The average Bonchev–Trinajstić information content (AvgIpc) is 2.90. The molecule has 0 aliphatic carbocycles. The van der Waals surface area contributed by atoms with Crippen LogP contribution in [0.15, 0.2) is 24.4 Å². The highest BCUT2D eigenvalue weighted by atomic mass is 15.2. The molecule has 0 radical (unpaired) electrons. The van der Waals surface area contributed by atoms with Crippen molar-refractivity contribution in [3.05, 3.63) is 30.1 Å². The largest absolute Gasteiger partial charge is 0.326 e. The zero-order chi connectivity index (χ0) is 13.7. The lowest BCUT2D eigenvalue weighted by Gasteiger charge is -2.31. The van der Waals surface area contributed by atoms with Crippen molar-refractivity contribution >= 4 is 0 Å². The lowest BCUT2D eigenvalue weighted by atomic mass is 10.0. The van der Waals surface area contributed by atoms with E-state index < -0.39 is 0 Å². The predicted molar refractivity (Wildman–Crippen MR) is 78.9 cm³/mol. The third-order valence-electron chi connectivity index (χ3n) is 3.93. The third kappa shape index (κ3) is 4.00. The first kappa shape index (κ1) is 14.4. The Kier molecular flexibility index (Phi) is 5.31. The van der Waals surface area contributed by atoms with Crippen molar-refractivity contribution in [1.29, 1.82) is 0 Å². The smallest absolute Gasteiger partial charge is 0.0668 e. The maximum Gasteiger partial charge on any atom is 0.0668 e. The zero-order valence-electron chi connectivity index (χ0n) is 12.1. The highest BCUT2D eigenvalue weighted by molar-refractivity contribution is 5.10. The minimum Gasteiger partial charge on any atom is -0.326 e. The van der Waals surface area contributed by atoms with Gasteiger partial charge in [0.15, 0.2) is 0 Å². The molecule has 2 unspecified atom stereocenters. The highest BCUT2D eigenvalue weighted by Gasteiger charge is 2.23. The summed E-state index contributed by atoms with van der Waals surface area (Å²) in [5, 5.41) is 0. The molecule has 0 bridgehead atoms. The SMILES string of the molecule is CC(N)C(c1ccccn1)N(C)CCN1CCCC1. The summed E-state index contributed by atoms with van der Waals surface area (Å²) in [5.74, 6) is 0. The van der Waals surface area contributed by atoms with E-state index in [2.05, 4.69) is 34.8 Å². The van der Waals surface area contributed by atoms with E-state index in [1.165, 1.54) is 25.9 Å². The number of likely N-dealkylation sites (N-methyl/N-ethyl adjacent to an activating group) is 1. The molecule has 4 nitrogen and oxygen atoms in total. The first-order chi connectivity index (χ1) is 9.18. The molecule has 1 aromatic rings. The van der Waals surface area contributed by atoms with Gasteiger partial charge >= 0.3 is 0 Å². The van der Waals surface area contributed by atoms with Gasteiger partial charge in [0, 0.05) is 25.3 Å². The van der Waals surface area contributed by atoms with Gasteiger partial charge in [-0.25, -0.2) is 0 Å². The molecule has 0 amide bonds. The molecule has 19 heavy (non-hydrogen) atoms. The molecule has 1 fully saturated rings. The Bertz CT molecular complexity index is 360. The van der Waals surface area contributed by atoms with Gasteiger partial charge in [0.2, 0.25) is 0 Å². The molecule has 0 saturated carbocycles. The summed E-state index contributed by atoms with van der Waals surface area (Å²) in [7, 11) is 2.15. The van der Waals surface area contributed by atoms with E-state index in [1.807, 2.05) is 18.3 Å². The van der Waals surface area contributed by atoms with Crippen molar-refractivity contribution in [2.24, 2.45) is 5.73 Å². The average molecular weight is 262 g/mol. The van der Waals surface area contributed by atoms with Crippen molar-refractivity contribution in [3.63, 3.8) is 0 Å². The van der Waals surface area contributed by atoms with Gasteiger partial charge in [-0.3, -0.25) is 9.88 Å². The van der Waals surface area contributed by atoms with Gasteiger partial charge in [-0.15, -0.1) is 0 Å². The molecule has 2 heterocycles. The van der Waals surface area contributed by atoms with E-state index in [0.29, 0.717) is 0 Å². The molecule has 2 N–H and O–H groups in total. The molecule has 1 saturated heterocycles. The molecule has 1 aromatic heterocycles. The second-order valence-electron chi connectivity index (χ2n) is 5.59. The lowest BCUT2D eigenvalue weighted by molar-refractivity contribution is 0.185. The quantitative estimate of drug-likeness (QED) is 0.844. The number of pyridine rings is 1. The molecular formula is C15H26N4. The van der Waals surface area contributed by atoms with E-state index in [0.717, 1.165) is 18.8 Å². The van der Waals surface area contributed by atoms with Crippen LogP contribution in [0.3, 0.4) is 0 Å². The fraction of sp³-hybridized carbons (Fsp3) is 0.667. The normalized spacial score (nSPS) is 19.8. The van der Waals surface area contributed by atoms with Crippen LogP contribution in [0.2, 0.25) is 0 Å². The summed E-state index contributed by atoms with van der Waals surface area (Å²) in [6, 6.07) is 6.33. The van der Waals surface area contributed by atoms with Gasteiger partial charge in [0.05, 0.1) is 11.7 Å². The van der Waals surface area contributed by atoms with Gasteiger partial charge in [0.25, 0.3) is 0 Å². The summed E-state index contributed by atoms with van der Waals surface area (Å²) < 4.78 is 0.